The number of carbonyl (C=O) groups excluding carboxylic acids is 1. The summed E-state index contributed by atoms with van der Waals surface area (Å²) in [5, 5.41) is 11.4. The second-order valence-electron chi connectivity index (χ2n) is 6.54. The maximum absolute atomic E-state index is 12.6. The van der Waals surface area contributed by atoms with Gasteiger partial charge in [0.15, 0.2) is 0 Å². The molecule has 1 heterocycles. The van der Waals surface area contributed by atoms with E-state index in [0.29, 0.717) is 5.82 Å². The lowest BCUT2D eigenvalue weighted by molar-refractivity contribution is 0.0480. The quantitative estimate of drug-likeness (QED) is 0.483. The molecule has 3 aromatic carbocycles. The third kappa shape index (κ3) is 3.73. The van der Waals surface area contributed by atoms with Crippen molar-refractivity contribution in [1.82, 2.24) is 9.97 Å². The van der Waals surface area contributed by atoms with Gasteiger partial charge in [-0.2, -0.15) is 0 Å². The highest BCUT2D eigenvalue weighted by molar-refractivity contribution is 6.02. The molecular formula is C23H18N2O4. The zero-order valence-electron chi connectivity index (χ0n) is 15.4. The number of rotatable bonds is 6. The summed E-state index contributed by atoms with van der Waals surface area (Å²) < 4.78 is 5.55. The van der Waals surface area contributed by atoms with Crippen LogP contribution in [0.1, 0.15) is 38.0 Å². The van der Waals surface area contributed by atoms with Gasteiger partial charge >= 0.3 is 11.9 Å². The third-order valence-corrected chi connectivity index (χ3v) is 4.81. The van der Waals surface area contributed by atoms with Gasteiger partial charge in [-0.15, -0.1) is 0 Å². The molecule has 1 unspecified atom stereocenters. The summed E-state index contributed by atoms with van der Waals surface area (Å²) in [6, 6.07) is 19.9. The van der Waals surface area contributed by atoms with Crippen LogP contribution in [0, 0.1) is 0 Å². The number of H-pyrrole nitrogens is 1. The average molecular weight is 386 g/mol. The molecule has 1 aromatic heterocycles. The number of imidazole rings is 1. The zero-order chi connectivity index (χ0) is 20.2. The normalized spacial score (nSPS) is 11.9. The lowest BCUT2D eigenvalue weighted by atomic mass is 9.93. The largest absolute Gasteiger partial charge is 0.478 e. The molecule has 4 aromatic rings. The van der Waals surface area contributed by atoms with Crippen LogP contribution in [0.25, 0.3) is 10.8 Å². The number of hydrogen-bond acceptors (Lipinski definition) is 4. The molecule has 6 nitrogen and oxygen atoms in total. The monoisotopic (exact) mass is 386 g/mol. The van der Waals surface area contributed by atoms with E-state index >= 15 is 0 Å². The maximum atomic E-state index is 12.6. The fourth-order valence-corrected chi connectivity index (χ4v) is 3.42. The number of hydrogen-bond donors (Lipinski definition) is 2. The van der Waals surface area contributed by atoms with Gasteiger partial charge < -0.3 is 14.8 Å². The Morgan fingerprint density at radius 2 is 1.69 bits per heavy atom. The van der Waals surface area contributed by atoms with E-state index in [1.807, 2.05) is 42.5 Å². The van der Waals surface area contributed by atoms with Gasteiger partial charge in [0.05, 0.1) is 17.0 Å². The van der Waals surface area contributed by atoms with Crippen LogP contribution in [0.2, 0.25) is 0 Å². The van der Waals surface area contributed by atoms with E-state index in [9.17, 15) is 14.7 Å². The first-order valence-electron chi connectivity index (χ1n) is 9.11. The molecule has 0 fully saturated rings. The summed E-state index contributed by atoms with van der Waals surface area (Å²) in [5.41, 5.74) is 0.908. The fraction of sp³-hybridized carbons (Fsp3) is 0.0870. The van der Waals surface area contributed by atoms with Crippen LogP contribution in [0.4, 0.5) is 0 Å². The molecular weight excluding hydrogens is 368 g/mol. The third-order valence-electron chi connectivity index (χ3n) is 4.81. The van der Waals surface area contributed by atoms with Crippen molar-refractivity contribution in [3.8, 4) is 0 Å². The summed E-state index contributed by atoms with van der Waals surface area (Å²) >= 11 is 0. The predicted molar refractivity (Wildman–Crippen MR) is 108 cm³/mol. The van der Waals surface area contributed by atoms with Gasteiger partial charge in [0.25, 0.3) is 0 Å². The minimum Gasteiger partial charge on any atom is -0.478 e. The summed E-state index contributed by atoms with van der Waals surface area (Å²) in [6.45, 7) is 0.0221. The van der Waals surface area contributed by atoms with Gasteiger partial charge in [0.1, 0.15) is 12.4 Å². The Morgan fingerprint density at radius 1 is 0.966 bits per heavy atom. The standard InChI is InChI=1S/C23H18N2O4/c26-22(27)18-9-3-4-10-19(18)23(28)29-14-20(21-24-12-13-25-21)17-11-5-7-15-6-1-2-8-16(15)17/h1-13,20H,14H2,(H,24,25)(H,26,27). The highest BCUT2D eigenvalue weighted by atomic mass is 16.5. The summed E-state index contributed by atoms with van der Waals surface area (Å²) in [5.74, 6) is -1.51. The van der Waals surface area contributed by atoms with Crippen LogP contribution in [0.15, 0.2) is 79.1 Å². The molecule has 0 aliphatic carbocycles. The smallest absolute Gasteiger partial charge is 0.339 e. The Kier molecular flexibility index (Phi) is 5.07. The van der Waals surface area contributed by atoms with E-state index in [1.54, 1.807) is 24.5 Å². The van der Waals surface area contributed by atoms with Crippen LogP contribution >= 0.6 is 0 Å². The second kappa shape index (κ2) is 7.98. The molecule has 6 heteroatoms. The van der Waals surface area contributed by atoms with Gasteiger partial charge in [-0.05, 0) is 28.5 Å². The van der Waals surface area contributed by atoms with Gasteiger partial charge in [0, 0.05) is 12.4 Å². The van der Waals surface area contributed by atoms with E-state index in [4.69, 9.17) is 4.74 Å². The summed E-state index contributed by atoms with van der Waals surface area (Å²) in [7, 11) is 0. The Labute approximate surface area is 166 Å². The minimum atomic E-state index is -1.17. The lowest BCUT2D eigenvalue weighted by Crippen LogP contribution is -2.17. The number of esters is 1. The van der Waals surface area contributed by atoms with E-state index in [1.165, 1.54) is 12.1 Å². The fourth-order valence-electron chi connectivity index (χ4n) is 3.42. The number of benzene rings is 3. The SMILES string of the molecule is O=C(O)c1ccccc1C(=O)OCC(c1ncc[nH]1)c1cccc2ccccc12. The number of ether oxygens (including phenoxy) is 1. The molecule has 0 aliphatic rings. The molecule has 0 aliphatic heterocycles. The number of carbonyl (C=O) groups is 2. The molecule has 0 spiro atoms. The Bertz CT molecular complexity index is 1160. The molecule has 4 rings (SSSR count). The topological polar surface area (TPSA) is 92.3 Å². The van der Waals surface area contributed by atoms with Crippen molar-refractivity contribution in [3.63, 3.8) is 0 Å². The van der Waals surface area contributed by atoms with Crippen LogP contribution in [0.3, 0.4) is 0 Å². The summed E-state index contributed by atoms with van der Waals surface area (Å²) in [4.78, 5) is 31.5. The number of carboxylic acids is 1. The first-order chi connectivity index (χ1) is 14.1. The number of aromatic amines is 1. The molecule has 0 saturated carbocycles. The Hall–Kier alpha value is -3.93. The van der Waals surface area contributed by atoms with Crippen molar-refractivity contribution in [2.45, 2.75) is 5.92 Å². The van der Waals surface area contributed by atoms with E-state index in [2.05, 4.69) is 9.97 Å². The van der Waals surface area contributed by atoms with Crippen LogP contribution in [-0.4, -0.2) is 33.6 Å². The number of aromatic nitrogens is 2. The number of fused-ring (bicyclic) bond motifs is 1. The highest BCUT2D eigenvalue weighted by Crippen LogP contribution is 2.30. The molecule has 29 heavy (non-hydrogen) atoms. The van der Waals surface area contributed by atoms with Crippen molar-refractivity contribution in [2.24, 2.45) is 0 Å². The van der Waals surface area contributed by atoms with Crippen molar-refractivity contribution in [2.75, 3.05) is 6.61 Å². The molecule has 2 N–H and O–H groups in total. The molecule has 144 valence electrons. The molecule has 0 amide bonds. The average Bonchev–Trinajstić information content (AvgIpc) is 3.28. The van der Waals surface area contributed by atoms with Crippen LogP contribution in [-0.2, 0) is 4.74 Å². The predicted octanol–water partition coefficient (Wildman–Crippen LogP) is 4.25. The van der Waals surface area contributed by atoms with Crippen LogP contribution < -0.4 is 0 Å². The molecule has 0 radical (unpaired) electrons. The Balaban J connectivity index is 1.66. The van der Waals surface area contributed by atoms with E-state index < -0.39 is 11.9 Å². The van der Waals surface area contributed by atoms with Crippen molar-refractivity contribution in [3.05, 3.63) is 102 Å². The number of carboxylic acid groups (broad SMARTS) is 1. The van der Waals surface area contributed by atoms with Crippen molar-refractivity contribution >= 4 is 22.7 Å². The van der Waals surface area contributed by atoms with Crippen LogP contribution in [0.5, 0.6) is 0 Å². The second-order valence-corrected chi connectivity index (χ2v) is 6.54. The maximum Gasteiger partial charge on any atom is 0.339 e. The van der Waals surface area contributed by atoms with Crippen molar-refractivity contribution in [1.29, 1.82) is 0 Å². The number of nitrogens with one attached hydrogen (secondary N) is 1. The molecule has 0 bridgehead atoms. The number of aromatic carboxylic acids is 1. The zero-order valence-corrected chi connectivity index (χ0v) is 15.4. The van der Waals surface area contributed by atoms with Gasteiger partial charge in [0.2, 0.25) is 0 Å². The number of nitrogens with zero attached hydrogens (tertiary/aromatic N) is 1. The van der Waals surface area contributed by atoms with Gasteiger partial charge in [-0.25, -0.2) is 14.6 Å². The highest BCUT2D eigenvalue weighted by Gasteiger charge is 2.23. The van der Waals surface area contributed by atoms with Gasteiger partial charge in [-0.3, -0.25) is 0 Å². The molecule has 0 saturated heterocycles. The first kappa shape index (κ1) is 18.4. The molecule has 1 atom stereocenters. The lowest BCUT2D eigenvalue weighted by Gasteiger charge is -2.18. The van der Waals surface area contributed by atoms with E-state index in [-0.39, 0.29) is 23.7 Å². The minimum absolute atomic E-state index is 0.0221. The summed E-state index contributed by atoms with van der Waals surface area (Å²) in [6.07, 6.45) is 3.37. The van der Waals surface area contributed by atoms with E-state index in [0.717, 1.165) is 16.3 Å². The first-order valence-corrected chi connectivity index (χ1v) is 9.11. The van der Waals surface area contributed by atoms with Crippen molar-refractivity contribution < 1.29 is 19.4 Å². The Morgan fingerprint density at radius 3 is 2.45 bits per heavy atom. The van der Waals surface area contributed by atoms with Gasteiger partial charge in [-0.1, -0.05) is 54.6 Å².